The van der Waals surface area contributed by atoms with Gasteiger partial charge in [-0.15, -0.1) is 0 Å². The largest absolute Gasteiger partial charge is 0.397 e. The van der Waals surface area contributed by atoms with E-state index in [0.717, 1.165) is 15.7 Å². The average Bonchev–Trinajstić information content (AvgIpc) is 2.62. The number of anilines is 2. The van der Waals surface area contributed by atoms with E-state index in [1.807, 2.05) is 25.1 Å². The Kier molecular flexibility index (Phi) is 3.43. The number of nitrogens with one attached hydrogen (secondary N) is 1. The Labute approximate surface area is 114 Å². The van der Waals surface area contributed by atoms with Gasteiger partial charge in [0, 0.05) is 23.4 Å². The van der Waals surface area contributed by atoms with Gasteiger partial charge in [-0.25, -0.2) is 0 Å². The molecule has 1 aromatic carbocycles. The first kappa shape index (κ1) is 12.7. The molecule has 0 spiro atoms. The van der Waals surface area contributed by atoms with Gasteiger partial charge in [0.05, 0.1) is 5.69 Å². The van der Waals surface area contributed by atoms with E-state index in [1.165, 1.54) is 0 Å². The number of aryl methyl sites for hydroxylation is 2. The van der Waals surface area contributed by atoms with Gasteiger partial charge in [-0.1, -0.05) is 15.9 Å². The highest BCUT2D eigenvalue weighted by Gasteiger charge is 2.12. The Hall–Kier alpha value is -1.75. The van der Waals surface area contributed by atoms with E-state index >= 15 is 0 Å². The lowest BCUT2D eigenvalue weighted by molar-refractivity contribution is 0.101. The molecule has 0 aliphatic heterocycles. The maximum Gasteiger partial charge on any atom is 0.272 e. The van der Waals surface area contributed by atoms with E-state index in [9.17, 15) is 4.79 Å². The SMILES string of the molecule is Cc1cc(Br)ccc1NC(=O)c1cc(N)cn1C. The molecule has 0 saturated carbocycles. The molecule has 3 N–H and O–H groups in total. The van der Waals surface area contributed by atoms with Crippen LogP contribution in [0.15, 0.2) is 34.9 Å². The van der Waals surface area contributed by atoms with E-state index < -0.39 is 0 Å². The van der Waals surface area contributed by atoms with Crippen LogP contribution in [0, 0.1) is 6.92 Å². The molecular formula is C13H14BrN3O. The summed E-state index contributed by atoms with van der Waals surface area (Å²) in [6, 6.07) is 7.37. The summed E-state index contributed by atoms with van der Waals surface area (Å²) >= 11 is 3.39. The number of rotatable bonds is 2. The highest BCUT2D eigenvalue weighted by molar-refractivity contribution is 9.10. The summed E-state index contributed by atoms with van der Waals surface area (Å²) in [7, 11) is 1.79. The number of aromatic nitrogens is 1. The number of carbonyl (C=O) groups excluding carboxylic acids is 1. The van der Waals surface area contributed by atoms with Gasteiger partial charge in [-0.3, -0.25) is 4.79 Å². The average molecular weight is 308 g/mol. The number of carbonyl (C=O) groups is 1. The zero-order valence-electron chi connectivity index (χ0n) is 10.2. The first-order chi connectivity index (χ1) is 8.47. The fraction of sp³-hybridized carbons (Fsp3) is 0.154. The topological polar surface area (TPSA) is 60.1 Å². The number of hydrogen-bond acceptors (Lipinski definition) is 2. The van der Waals surface area contributed by atoms with Crippen molar-refractivity contribution in [1.29, 1.82) is 0 Å². The standard InChI is InChI=1S/C13H14BrN3O/c1-8-5-9(14)3-4-11(8)16-13(18)12-6-10(15)7-17(12)2/h3-7H,15H2,1-2H3,(H,16,18). The molecule has 0 atom stereocenters. The van der Waals surface area contributed by atoms with Crippen molar-refractivity contribution in [3.63, 3.8) is 0 Å². The zero-order valence-corrected chi connectivity index (χ0v) is 11.8. The number of benzene rings is 1. The van der Waals surface area contributed by atoms with E-state index in [1.54, 1.807) is 23.9 Å². The third-order valence-corrected chi connectivity index (χ3v) is 3.19. The van der Waals surface area contributed by atoms with Gasteiger partial charge in [-0.2, -0.15) is 0 Å². The molecule has 1 heterocycles. The van der Waals surface area contributed by atoms with Gasteiger partial charge < -0.3 is 15.6 Å². The Morgan fingerprint density at radius 3 is 2.67 bits per heavy atom. The molecule has 4 nitrogen and oxygen atoms in total. The number of hydrogen-bond donors (Lipinski definition) is 2. The predicted molar refractivity (Wildman–Crippen MR) is 76.7 cm³/mol. The van der Waals surface area contributed by atoms with Gasteiger partial charge in [0.2, 0.25) is 0 Å². The third-order valence-electron chi connectivity index (χ3n) is 2.70. The second-order valence-corrected chi connectivity index (χ2v) is 5.10. The van der Waals surface area contributed by atoms with E-state index in [-0.39, 0.29) is 5.91 Å². The van der Waals surface area contributed by atoms with Crippen LogP contribution in [0.25, 0.3) is 0 Å². The molecule has 18 heavy (non-hydrogen) atoms. The van der Waals surface area contributed by atoms with Crippen molar-refractivity contribution in [1.82, 2.24) is 4.57 Å². The minimum absolute atomic E-state index is 0.167. The lowest BCUT2D eigenvalue weighted by Crippen LogP contribution is -2.15. The van der Waals surface area contributed by atoms with Crippen LogP contribution in [0.2, 0.25) is 0 Å². The fourth-order valence-electron chi connectivity index (χ4n) is 1.77. The molecule has 0 unspecified atom stereocenters. The van der Waals surface area contributed by atoms with Crippen molar-refractivity contribution in [2.75, 3.05) is 11.1 Å². The zero-order chi connectivity index (χ0) is 13.3. The summed E-state index contributed by atoms with van der Waals surface area (Å²) in [5, 5.41) is 2.87. The lowest BCUT2D eigenvalue weighted by atomic mass is 10.2. The summed E-state index contributed by atoms with van der Waals surface area (Å²) in [6.45, 7) is 1.94. The Balaban J connectivity index is 2.24. The highest BCUT2D eigenvalue weighted by Crippen LogP contribution is 2.21. The van der Waals surface area contributed by atoms with Gasteiger partial charge in [0.15, 0.2) is 0 Å². The van der Waals surface area contributed by atoms with Gasteiger partial charge in [-0.05, 0) is 36.8 Å². The molecular weight excluding hydrogens is 294 g/mol. The monoisotopic (exact) mass is 307 g/mol. The van der Waals surface area contributed by atoms with Crippen molar-refractivity contribution in [3.05, 3.63) is 46.2 Å². The number of nitrogens with zero attached hydrogens (tertiary/aromatic N) is 1. The van der Waals surface area contributed by atoms with Gasteiger partial charge >= 0.3 is 0 Å². The van der Waals surface area contributed by atoms with Crippen molar-refractivity contribution < 1.29 is 4.79 Å². The van der Waals surface area contributed by atoms with Crippen molar-refractivity contribution >= 4 is 33.2 Å². The summed E-state index contributed by atoms with van der Waals surface area (Å²) in [6.07, 6.45) is 1.71. The normalized spacial score (nSPS) is 10.4. The Bertz CT molecular complexity index is 604. The van der Waals surface area contributed by atoms with Crippen molar-refractivity contribution in [3.8, 4) is 0 Å². The molecule has 94 valence electrons. The summed E-state index contributed by atoms with van der Waals surface area (Å²) in [4.78, 5) is 12.1. The molecule has 1 aromatic heterocycles. The Morgan fingerprint density at radius 1 is 1.39 bits per heavy atom. The molecule has 0 bridgehead atoms. The molecule has 0 radical (unpaired) electrons. The van der Waals surface area contributed by atoms with Crippen LogP contribution in [-0.4, -0.2) is 10.5 Å². The van der Waals surface area contributed by atoms with Crippen LogP contribution in [0.1, 0.15) is 16.1 Å². The number of nitrogens with two attached hydrogens (primary N) is 1. The first-order valence-electron chi connectivity index (χ1n) is 5.46. The van der Waals surface area contributed by atoms with E-state index in [4.69, 9.17) is 5.73 Å². The maximum atomic E-state index is 12.1. The predicted octanol–water partition coefficient (Wildman–Crippen LogP) is 2.93. The molecule has 0 aliphatic carbocycles. The molecule has 0 fully saturated rings. The third kappa shape index (κ3) is 2.56. The summed E-state index contributed by atoms with van der Waals surface area (Å²) < 4.78 is 2.69. The second kappa shape index (κ2) is 4.86. The van der Waals surface area contributed by atoms with Gasteiger partial charge in [0.25, 0.3) is 5.91 Å². The number of nitrogen functional groups attached to an aromatic ring is 1. The van der Waals surface area contributed by atoms with Gasteiger partial charge in [0.1, 0.15) is 5.69 Å². The van der Waals surface area contributed by atoms with E-state index in [2.05, 4.69) is 21.2 Å². The van der Waals surface area contributed by atoms with Crippen molar-refractivity contribution in [2.45, 2.75) is 6.92 Å². The number of halogens is 1. The lowest BCUT2D eigenvalue weighted by Gasteiger charge is -2.09. The molecule has 0 aliphatic rings. The minimum Gasteiger partial charge on any atom is -0.397 e. The first-order valence-corrected chi connectivity index (χ1v) is 6.26. The maximum absolute atomic E-state index is 12.1. The second-order valence-electron chi connectivity index (χ2n) is 4.18. The van der Waals surface area contributed by atoms with Crippen LogP contribution in [0.5, 0.6) is 0 Å². The smallest absolute Gasteiger partial charge is 0.272 e. The molecule has 2 aromatic rings. The van der Waals surface area contributed by atoms with Crippen LogP contribution >= 0.6 is 15.9 Å². The van der Waals surface area contributed by atoms with E-state index in [0.29, 0.717) is 11.4 Å². The highest BCUT2D eigenvalue weighted by atomic mass is 79.9. The quantitative estimate of drug-likeness (QED) is 0.896. The van der Waals surface area contributed by atoms with Crippen molar-refractivity contribution in [2.24, 2.45) is 7.05 Å². The minimum atomic E-state index is -0.167. The summed E-state index contributed by atoms with van der Waals surface area (Å²) in [5.41, 5.74) is 8.56. The molecule has 5 heteroatoms. The van der Waals surface area contributed by atoms with Crippen LogP contribution in [-0.2, 0) is 7.05 Å². The summed E-state index contributed by atoms with van der Waals surface area (Å²) in [5.74, 6) is -0.167. The van der Waals surface area contributed by atoms with Crippen LogP contribution in [0.3, 0.4) is 0 Å². The fourth-order valence-corrected chi connectivity index (χ4v) is 2.25. The van der Waals surface area contributed by atoms with Crippen LogP contribution < -0.4 is 11.1 Å². The molecule has 2 rings (SSSR count). The molecule has 1 amide bonds. The van der Waals surface area contributed by atoms with Crippen LogP contribution in [0.4, 0.5) is 11.4 Å². The molecule has 0 saturated heterocycles. The number of amides is 1. The Morgan fingerprint density at radius 2 is 2.11 bits per heavy atom.